The Balaban J connectivity index is 2.22. The summed E-state index contributed by atoms with van der Waals surface area (Å²) in [5.74, 6) is 0. The molecule has 6 N–H and O–H groups in total. The molecule has 0 aliphatic heterocycles. The van der Waals surface area contributed by atoms with Crippen LogP contribution in [0.3, 0.4) is 0 Å². The Kier molecular flexibility index (Phi) is 8.28. The maximum absolute atomic E-state index is 13.2. The molecule has 0 unspecified atom stereocenters. The number of nitrogen functional groups attached to an aromatic ring is 1. The van der Waals surface area contributed by atoms with E-state index in [0.717, 1.165) is 12.1 Å². The standard InChI is InChI=1S/C21H26F3N5O2S/c1-20(12-31-3,14-7-5-8-15(10-14)21(22,23)24)29-19(32)28-16-9-4-6-13(17(16)25)11-27-18(30)26-2/h4-10H,11-12,25H2,1-3H3,(H2,26,27,30)(H2,28,29,32)/t20-/m1/s1. The summed E-state index contributed by atoms with van der Waals surface area (Å²) >= 11 is 5.40. The Labute approximate surface area is 189 Å². The number of halogens is 3. The van der Waals surface area contributed by atoms with Crippen LogP contribution in [0.4, 0.5) is 29.3 Å². The predicted molar refractivity (Wildman–Crippen MR) is 122 cm³/mol. The van der Waals surface area contributed by atoms with Gasteiger partial charge in [-0.2, -0.15) is 13.2 Å². The van der Waals surface area contributed by atoms with Gasteiger partial charge in [-0.25, -0.2) is 4.79 Å². The molecule has 0 aliphatic rings. The highest BCUT2D eigenvalue weighted by atomic mass is 32.1. The number of rotatable bonds is 7. The van der Waals surface area contributed by atoms with Crippen LogP contribution in [0.2, 0.25) is 0 Å². The quantitative estimate of drug-likeness (QED) is 0.314. The van der Waals surface area contributed by atoms with Gasteiger partial charge in [-0.15, -0.1) is 0 Å². The van der Waals surface area contributed by atoms with Gasteiger partial charge >= 0.3 is 12.2 Å². The molecular weight excluding hydrogens is 443 g/mol. The Bertz CT molecular complexity index is 971. The minimum absolute atomic E-state index is 0.0572. The number of urea groups is 1. The van der Waals surface area contributed by atoms with Crippen LogP contribution in [-0.2, 0) is 23.0 Å². The van der Waals surface area contributed by atoms with Crippen molar-refractivity contribution in [1.82, 2.24) is 16.0 Å². The van der Waals surface area contributed by atoms with Gasteiger partial charge in [0.2, 0.25) is 0 Å². The van der Waals surface area contributed by atoms with Gasteiger partial charge < -0.3 is 31.7 Å². The number of para-hydroxylation sites is 1. The first kappa shape index (κ1) is 25.2. The van der Waals surface area contributed by atoms with E-state index in [0.29, 0.717) is 22.5 Å². The third-order valence-corrected chi connectivity index (χ3v) is 4.96. The molecule has 32 heavy (non-hydrogen) atoms. The van der Waals surface area contributed by atoms with Crippen molar-refractivity contribution >= 4 is 34.7 Å². The van der Waals surface area contributed by atoms with Crippen LogP contribution in [0.15, 0.2) is 42.5 Å². The Hall–Kier alpha value is -3.05. The molecule has 2 aromatic carbocycles. The van der Waals surface area contributed by atoms with Crippen LogP contribution in [-0.4, -0.2) is 31.9 Å². The number of benzene rings is 2. The van der Waals surface area contributed by atoms with Gasteiger partial charge in [0.1, 0.15) is 0 Å². The lowest BCUT2D eigenvalue weighted by Gasteiger charge is -2.32. The largest absolute Gasteiger partial charge is 0.416 e. The molecule has 11 heteroatoms. The van der Waals surface area contributed by atoms with Gasteiger partial charge in [0.05, 0.1) is 29.1 Å². The second-order valence-electron chi connectivity index (χ2n) is 7.23. The van der Waals surface area contributed by atoms with Gasteiger partial charge in [0.25, 0.3) is 0 Å². The molecule has 0 aliphatic carbocycles. The van der Waals surface area contributed by atoms with E-state index in [1.54, 1.807) is 31.2 Å². The van der Waals surface area contributed by atoms with Crippen molar-refractivity contribution in [1.29, 1.82) is 0 Å². The lowest BCUT2D eigenvalue weighted by molar-refractivity contribution is -0.137. The average Bonchev–Trinajstić information content (AvgIpc) is 2.73. The molecule has 0 saturated carbocycles. The summed E-state index contributed by atoms with van der Waals surface area (Å²) in [4.78, 5) is 11.4. The third kappa shape index (κ3) is 6.47. The molecule has 0 saturated heterocycles. The summed E-state index contributed by atoms with van der Waals surface area (Å²) in [5, 5.41) is 11.2. The van der Waals surface area contributed by atoms with Crippen LogP contribution in [0, 0.1) is 0 Å². The van der Waals surface area contributed by atoms with E-state index in [4.69, 9.17) is 22.7 Å². The normalized spacial score (nSPS) is 13.1. The maximum Gasteiger partial charge on any atom is 0.416 e. The Morgan fingerprint density at radius 3 is 2.44 bits per heavy atom. The fourth-order valence-corrected chi connectivity index (χ4v) is 3.40. The highest BCUT2D eigenvalue weighted by Crippen LogP contribution is 2.32. The molecule has 0 aromatic heterocycles. The number of nitrogens with two attached hydrogens (primary N) is 1. The van der Waals surface area contributed by atoms with Crippen LogP contribution in [0.1, 0.15) is 23.6 Å². The molecule has 1 atom stereocenters. The number of thiocarbonyl (C=S) groups is 1. The van der Waals surface area contributed by atoms with Crippen molar-refractivity contribution in [2.45, 2.75) is 25.2 Å². The highest BCUT2D eigenvalue weighted by molar-refractivity contribution is 7.80. The van der Waals surface area contributed by atoms with Crippen molar-refractivity contribution in [3.05, 3.63) is 59.2 Å². The van der Waals surface area contributed by atoms with Crippen LogP contribution < -0.4 is 27.0 Å². The lowest BCUT2D eigenvalue weighted by atomic mass is 9.91. The molecule has 0 spiro atoms. The number of ether oxygens (including phenoxy) is 1. The predicted octanol–water partition coefficient (Wildman–Crippen LogP) is 3.56. The first-order valence-corrected chi connectivity index (χ1v) is 10.00. The average molecular weight is 470 g/mol. The molecule has 2 rings (SSSR count). The third-order valence-electron chi connectivity index (χ3n) is 4.76. The first-order valence-electron chi connectivity index (χ1n) is 9.59. The van der Waals surface area contributed by atoms with Crippen molar-refractivity contribution in [3.8, 4) is 0 Å². The fourth-order valence-electron chi connectivity index (χ4n) is 3.06. The number of anilines is 2. The molecule has 0 heterocycles. The summed E-state index contributed by atoms with van der Waals surface area (Å²) in [5.41, 5.74) is 6.26. The molecule has 0 radical (unpaired) electrons. The zero-order chi connectivity index (χ0) is 23.9. The summed E-state index contributed by atoms with van der Waals surface area (Å²) in [6.07, 6.45) is -4.47. The lowest BCUT2D eigenvalue weighted by Crippen LogP contribution is -2.48. The van der Waals surface area contributed by atoms with Gasteiger partial charge in [-0.3, -0.25) is 0 Å². The summed E-state index contributed by atoms with van der Waals surface area (Å²) < 4.78 is 44.8. The van der Waals surface area contributed by atoms with Crippen molar-refractivity contribution in [2.75, 3.05) is 31.8 Å². The van der Waals surface area contributed by atoms with Gasteiger partial charge in [0, 0.05) is 20.7 Å². The summed E-state index contributed by atoms with van der Waals surface area (Å²) in [7, 11) is 2.95. The van der Waals surface area contributed by atoms with Gasteiger partial charge in [0.15, 0.2) is 5.11 Å². The molecule has 174 valence electrons. The number of hydrogen-bond donors (Lipinski definition) is 5. The van der Waals surface area contributed by atoms with Crippen LogP contribution in [0.25, 0.3) is 0 Å². The number of amides is 2. The van der Waals surface area contributed by atoms with Crippen LogP contribution >= 0.6 is 12.2 Å². The first-order chi connectivity index (χ1) is 15.0. The molecule has 0 fully saturated rings. The number of nitrogens with one attached hydrogen (secondary N) is 4. The highest BCUT2D eigenvalue weighted by Gasteiger charge is 2.34. The zero-order valence-electron chi connectivity index (χ0n) is 17.9. The monoisotopic (exact) mass is 469 g/mol. The number of hydrogen-bond acceptors (Lipinski definition) is 4. The molecular formula is C21H26F3N5O2S. The minimum Gasteiger partial charge on any atom is -0.397 e. The van der Waals surface area contributed by atoms with Crippen molar-refractivity contribution < 1.29 is 22.7 Å². The Morgan fingerprint density at radius 2 is 1.81 bits per heavy atom. The van der Waals surface area contributed by atoms with E-state index in [9.17, 15) is 18.0 Å². The van der Waals surface area contributed by atoms with E-state index in [-0.39, 0.29) is 24.3 Å². The second-order valence-corrected chi connectivity index (χ2v) is 7.64. The maximum atomic E-state index is 13.2. The number of alkyl halides is 3. The van der Waals surface area contributed by atoms with Gasteiger partial charge in [-0.1, -0.05) is 24.3 Å². The van der Waals surface area contributed by atoms with Crippen LogP contribution in [0.5, 0.6) is 0 Å². The Morgan fingerprint density at radius 1 is 1.16 bits per heavy atom. The fraction of sp³-hybridized carbons (Fsp3) is 0.333. The SMILES string of the molecule is CNC(=O)NCc1cccc(NC(=S)N[C@](C)(COC)c2cccc(C(F)(F)F)c2)c1N. The van der Waals surface area contributed by atoms with E-state index in [1.165, 1.54) is 20.2 Å². The van der Waals surface area contributed by atoms with Crippen molar-refractivity contribution in [2.24, 2.45) is 0 Å². The molecule has 7 nitrogen and oxygen atoms in total. The van der Waals surface area contributed by atoms with E-state index in [1.807, 2.05) is 0 Å². The van der Waals surface area contributed by atoms with E-state index >= 15 is 0 Å². The zero-order valence-corrected chi connectivity index (χ0v) is 18.7. The number of methoxy groups -OCH3 is 1. The summed E-state index contributed by atoms with van der Waals surface area (Å²) in [6.45, 7) is 1.95. The summed E-state index contributed by atoms with van der Waals surface area (Å²) in [6, 6.07) is 9.82. The number of carbonyl (C=O) groups is 1. The topological polar surface area (TPSA) is 100 Å². The number of carbonyl (C=O) groups excluding carboxylic acids is 1. The molecule has 2 aromatic rings. The molecule has 2 amide bonds. The molecule has 0 bridgehead atoms. The van der Waals surface area contributed by atoms with E-state index in [2.05, 4.69) is 21.3 Å². The smallest absolute Gasteiger partial charge is 0.397 e. The second kappa shape index (κ2) is 10.5. The van der Waals surface area contributed by atoms with Crippen molar-refractivity contribution in [3.63, 3.8) is 0 Å². The van der Waals surface area contributed by atoms with Gasteiger partial charge in [-0.05, 0) is 48.5 Å². The van der Waals surface area contributed by atoms with E-state index < -0.39 is 17.3 Å². The minimum atomic E-state index is -4.47.